The molecule has 0 aliphatic carbocycles. The van der Waals surface area contributed by atoms with E-state index in [1.807, 2.05) is 0 Å². The number of benzene rings is 2. The summed E-state index contributed by atoms with van der Waals surface area (Å²) in [6.45, 7) is 0. The molecule has 2 aromatic rings. The average molecular weight is 371 g/mol. The summed E-state index contributed by atoms with van der Waals surface area (Å²) in [7, 11) is 0. The number of nitrogens with zero attached hydrogens (tertiary/aromatic N) is 2. The number of carbonyl (C=O) groups is 3. The molecule has 9 heteroatoms. The number of nitro benzene ring substituents is 1. The van der Waals surface area contributed by atoms with Gasteiger partial charge in [-0.15, -0.1) is 0 Å². The van der Waals surface area contributed by atoms with Crippen molar-refractivity contribution in [3.8, 4) is 0 Å². The summed E-state index contributed by atoms with van der Waals surface area (Å²) < 4.78 is 0. The molecule has 0 bridgehead atoms. The second-order valence-electron chi connectivity index (χ2n) is 5.44. The number of non-ortho nitro benzene ring substituents is 1. The van der Waals surface area contributed by atoms with Crippen molar-refractivity contribution in [2.75, 3.05) is 10.2 Å². The number of hydrogen-bond acceptors (Lipinski definition) is 6. The Kier molecular flexibility index (Phi) is 4.99. The first-order valence-electron chi connectivity index (χ1n) is 7.59. The van der Waals surface area contributed by atoms with Gasteiger partial charge in [-0.1, -0.05) is 18.2 Å². The Morgan fingerprint density at radius 3 is 2.38 bits per heavy atom. The van der Waals surface area contributed by atoms with Crippen LogP contribution in [0.2, 0.25) is 0 Å². The minimum atomic E-state index is -0.805. The molecule has 0 radical (unpaired) electrons. The third-order valence-electron chi connectivity index (χ3n) is 3.67. The largest absolute Gasteiger partial charge is 0.326 e. The van der Waals surface area contributed by atoms with Gasteiger partial charge in [-0.25, -0.2) is 4.90 Å². The number of anilines is 2. The minimum Gasteiger partial charge on any atom is -0.326 e. The lowest BCUT2D eigenvalue weighted by molar-refractivity contribution is -0.384. The molecule has 1 heterocycles. The maximum atomic E-state index is 12.5. The van der Waals surface area contributed by atoms with Gasteiger partial charge < -0.3 is 5.32 Å². The molecule has 0 aromatic heterocycles. The number of para-hydroxylation sites is 1. The Balaban J connectivity index is 1.63. The van der Waals surface area contributed by atoms with E-state index in [1.165, 1.54) is 24.3 Å². The lowest BCUT2D eigenvalue weighted by Crippen LogP contribution is -2.32. The average Bonchev–Trinajstić information content (AvgIpc) is 2.89. The zero-order valence-corrected chi connectivity index (χ0v) is 14.1. The van der Waals surface area contributed by atoms with Crippen LogP contribution in [0.4, 0.5) is 21.9 Å². The van der Waals surface area contributed by atoms with Crippen LogP contribution in [0.1, 0.15) is 6.42 Å². The topological polar surface area (TPSA) is 110 Å². The first kappa shape index (κ1) is 17.6. The molecule has 8 nitrogen and oxygen atoms in total. The molecule has 0 spiro atoms. The van der Waals surface area contributed by atoms with E-state index in [9.17, 15) is 24.5 Å². The van der Waals surface area contributed by atoms with Crippen LogP contribution in [0.5, 0.6) is 0 Å². The van der Waals surface area contributed by atoms with E-state index in [4.69, 9.17) is 0 Å². The van der Waals surface area contributed by atoms with Gasteiger partial charge in [0.2, 0.25) is 11.8 Å². The maximum Gasteiger partial charge on any atom is 0.293 e. The number of amides is 3. The molecule has 1 atom stereocenters. The van der Waals surface area contributed by atoms with Crippen LogP contribution in [-0.4, -0.2) is 27.2 Å². The lowest BCUT2D eigenvalue weighted by Gasteiger charge is -2.13. The Bertz CT molecular complexity index is 870. The predicted octanol–water partition coefficient (Wildman–Crippen LogP) is 3.19. The van der Waals surface area contributed by atoms with E-state index in [0.717, 1.165) is 16.7 Å². The van der Waals surface area contributed by atoms with Gasteiger partial charge in [-0.3, -0.25) is 24.5 Å². The van der Waals surface area contributed by atoms with E-state index in [0.29, 0.717) is 11.4 Å². The Morgan fingerprint density at radius 1 is 1.12 bits per heavy atom. The predicted molar refractivity (Wildman–Crippen MR) is 97.0 cm³/mol. The fraction of sp³-hybridized carbons (Fsp3) is 0.118. The Hall–Kier alpha value is -3.20. The number of imide groups is 1. The molecule has 1 aliphatic heterocycles. The molecule has 0 saturated carbocycles. The molecule has 1 unspecified atom stereocenters. The summed E-state index contributed by atoms with van der Waals surface area (Å²) in [5, 5.41) is 12.0. The smallest absolute Gasteiger partial charge is 0.293 e. The normalized spacial score (nSPS) is 16.6. The van der Waals surface area contributed by atoms with Gasteiger partial charge in [-0.2, -0.15) is 0 Å². The summed E-state index contributed by atoms with van der Waals surface area (Å²) in [4.78, 5) is 47.9. The number of nitro groups is 1. The summed E-state index contributed by atoms with van der Waals surface area (Å²) in [6.07, 6.45) is -0.171. The van der Waals surface area contributed by atoms with Crippen molar-refractivity contribution in [1.29, 1.82) is 0 Å². The van der Waals surface area contributed by atoms with Crippen LogP contribution >= 0.6 is 11.8 Å². The molecular formula is C17H13N3O5S. The molecule has 1 fully saturated rings. The Morgan fingerprint density at radius 2 is 1.77 bits per heavy atom. The summed E-state index contributed by atoms with van der Waals surface area (Å²) in [6, 6.07) is 13.9. The molecule has 1 aliphatic rings. The highest BCUT2D eigenvalue weighted by Crippen LogP contribution is 2.33. The van der Waals surface area contributed by atoms with Gasteiger partial charge in [0, 0.05) is 24.2 Å². The third-order valence-corrected chi connectivity index (χ3v) is 4.71. The second-order valence-corrected chi connectivity index (χ2v) is 6.59. The van der Waals surface area contributed by atoms with Gasteiger partial charge in [0.1, 0.15) is 5.25 Å². The monoisotopic (exact) mass is 371 g/mol. The quantitative estimate of drug-likeness (QED) is 0.638. The van der Waals surface area contributed by atoms with Gasteiger partial charge in [-0.05, 0) is 36.0 Å². The van der Waals surface area contributed by atoms with Crippen molar-refractivity contribution in [2.45, 2.75) is 11.7 Å². The highest BCUT2D eigenvalue weighted by molar-refractivity contribution is 8.15. The zero-order valence-electron chi connectivity index (χ0n) is 13.3. The lowest BCUT2D eigenvalue weighted by atomic mass is 10.2. The molecule has 3 rings (SSSR count). The first-order chi connectivity index (χ1) is 12.5. The van der Waals surface area contributed by atoms with Crippen molar-refractivity contribution in [2.24, 2.45) is 0 Å². The van der Waals surface area contributed by atoms with E-state index < -0.39 is 27.2 Å². The summed E-state index contributed by atoms with van der Waals surface area (Å²) in [5.41, 5.74) is 0.754. The SMILES string of the molecule is O=C(CC1SC(=O)N(c2ccccc2)C1=O)Nc1ccc([N+](=O)[O-])cc1. The highest BCUT2D eigenvalue weighted by Gasteiger charge is 2.41. The van der Waals surface area contributed by atoms with Gasteiger partial charge in [0.25, 0.3) is 10.9 Å². The van der Waals surface area contributed by atoms with Crippen LogP contribution in [0, 0.1) is 10.1 Å². The standard InChI is InChI=1S/C17H13N3O5S/c21-15(18-11-6-8-13(9-7-11)20(24)25)10-14-16(22)19(17(23)26-14)12-4-2-1-3-5-12/h1-9,14H,10H2,(H,18,21). The van der Waals surface area contributed by atoms with Crippen molar-refractivity contribution < 1.29 is 19.3 Å². The number of nitrogens with one attached hydrogen (secondary N) is 1. The minimum absolute atomic E-state index is 0.0892. The van der Waals surface area contributed by atoms with E-state index in [1.54, 1.807) is 30.3 Å². The number of rotatable bonds is 5. The van der Waals surface area contributed by atoms with Crippen LogP contribution in [-0.2, 0) is 9.59 Å². The molecule has 3 amide bonds. The number of carbonyl (C=O) groups excluding carboxylic acids is 3. The van der Waals surface area contributed by atoms with E-state index >= 15 is 0 Å². The molecule has 1 N–H and O–H groups in total. The first-order valence-corrected chi connectivity index (χ1v) is 8.47. The zero-order chi connectivity index (χ0) is 18.7. The fourth-order valence-electron chi connectivity index (χ4n) is 2.44. The van der Waals surface area contributed by atoms with Crippen molar-refractivity contribution in [3.05, 3.63) is 64.7 Å². The Labute approximate surface area is 152 Å². The van der Waals surface area contributed by atoms with Crippen LogP contribution < -0.4 is 10.2 Å². The van der Waals surface area contributed by atoms with Crippen molar-refractivity contribution in [3.63, 3.8) is 0 Å². The van der Waals surface area contributed by atoms with E-state index in [2.05, 4.69) is 5.32 Å². The van der Waals surface area contributed by atoms with Gasteiger partial charge in [0.15, 0.2) is 0 Å². The van der Waals surface area contributed by atoms with E-state index in [-0.39, 0.29) is 12.1 Å². The van der Waals surface area contributed by atoms with Crippen LogP contribution in [0.3, 0.4) is 0 Å². The van der Waals surface area contributed by atoms with Gasteiger partial charge >= 0.3 is 0 Å². The fourth-order valence-corrected chi connectivity index (χ4v) is 3.43. The van der Waals surface area contributed by atoms with Crippen LogP contribution in [0.15, 0.2) is 54.6 Å². The van der Waals surface area contributed by atoms with Crippen molar-refractivity contribution in [1.82, 2.24) is 0 Å². The molecular weight excluding hydrogens is 358 g/mol. The summed E-state index contributed by atoms with van der Waals surface area (Å²) in [5.74, 6) is -0.891. The number of thioether (sulfide) groups is 1. The molecule has 26 heavy (non-hydrogen) atoms. The molecule has 1 saturated heterocycles. The maximum absolute atomic E-state index is 12.5. The highest BCUT2D eigenvalue weighted by atomic mass is 32.2. The van der Waals surface area contributed by atoms with Gasteiger partial charge in [0.05, 0.1) is 10.6 Å². The number of hydrogen-bond donors (Lipinski definition) is 1. The second kappa shape index (κ2) is 7.36. The molecule has 132 valence electrons. The van der Waals surface area contributed by atoms with Crippen LogP contribution in [0.25, 0.3) is 0 Å². The van der Waals surface area contributed by atoms with Crippen molar-refractivity contribution >= 4 is 45.9 Å². The summed E-state index contributed by atoms with van der Waals surface area (Å²) >= 11 is 0.809. The third kappa shape index (κ3) is 3.72. The molecule has 2 aromatic carbocycles.